The Kier molecular flexibility index (Phi) is 6.48. The van der Waals surface area contributed by atoms with Crippen LogP contribution < -0.4 is 4.90 Å². The van der Waals surface area contributed by atoms with Crippen molar-refractivity contribution >= 4 is 40.4 Å². The normalized spacial score (nSPS) is 22.7. The van der Waals surface area contributed by atoms with E-state index in [1.165, 1.54) is 0 Å². The molecule has 2 fully saturated rings. The lowest BCUT2D eigenvalue weighted by Crippen LogP contribution is -2.54. The fourth-order valence-corrected chi connectivity index (χ4v) is 7.26. The first-order chi connectivity index (χ1) is 17.6. The summed E-state index contributed by atoms with van der Waals surface area (Å²) < 4.78 is 0. The van der Waals surface area contributed by atoms with E-state index >= 15 is 0 Å². The molecule has 0 bridgehead atoms. The molecule has 1 aliphatic carbocycles. The summed E-state index contributed by atoms with van der Waals surface area (Å²) in [5, 5.41) is 2.78. The fourth-order valence-electron chi connectivity index (χ4n) is 6.22. The number of halogens is 1. The predicted octanol–water partition coefficient (Wildman–Crippen LogP) is 5.97. The molecule has 1 saturated carbocycles. The zero-order chi connectivity index (χ0) is 24.6. The topological polar surface area (TPSA) is 43.9 Å². The highest BCUT2D eigenvalue weighted by atomic mass is 35.5. The minimum absolute atomic E-state index is 0.0747. The Balaban J connectivity index is 1.34. The Morgan fingerprint density at radius 2 is 1.69 bits per heavy atom. The lowest BCUT2D eigenvalue weighted by molar-refractivity contribution is -0.135. The van der Waals surface area contributed by atoms with Crippen molar-refractivity contribution in [1.29, 1.82) is 0 Å². The van der Waals surface area contributed by atoms with Gasteiger partial charge in [-0.1, -0.05) is 54.8 Å². The summed E-state index contributed by atoms with van der Waals surface area (Å²) in [5.41, 5.74) is 2.65. The Morgan fingerprint density at radius 3 is 2.42 bits per heavy atom. The number of piperazine rings is 1. The monoisotopic (exact) mass is 519 g/mol. The van der Waals surface area contributed by atoms with Crippen LogP contribution in [0.1, 0.15) is 58.4 Å². The third-order valence-corrected chi connectivity index (χ3v) is 9.14. The molecule has 2 atom stereocenters. The van der Waals surface area contributed by atoms with E-state index in [9.17, 15) is 9.59 Å². The SMILES string of the molecule is O=C([C@@H]1c2ccccc2C(=O)N(C2CCCC2)[C@@H]1c1cccs1)N1CCN(c2cccc(Cl)c2)CC1. The summed E-state index contributed by atoms with van der Waals surface area (Å²) in [6.45, 7) is 2.82. The first-order valence-electron chi connectivity index (χ1n) is 12.9. The molecular formula is C29H30ClN3O2S. The third kappa shape index (κ3) is 4.20. The Hall–Kier alpha value is -2.83. The molecule has 186 valence electrons. The van der Waals surface area contributed by atoms with Crippen molar-refractivity contribution in [3.8, 4) is 0 Å². The van der Waals surface area contributed by atoms with E-state index in [-0.39, 0.29) is 23.9 Å². The molecule has 3 aliphatic rings. The molecule has 5 nitrogen and oxygen atoms in total. The van der Waals surface area contributed by atoms with Gasteiger partial charge in [-0.05, 0) is 54.1 Å². The van der Waals surface area contributed by atoms with E-state index in [2.05, 4.69) is 27.3 Å². The van der Waals surface area contributed by atoms with E-state index < -0.39 is 5.92 Å². The highest BCUT2D eigenvalue weighted by Crippen LogP contribution is 2.47. The minimum Gasteiger partial charge on any atom is -0.368 e. The van der Waals surface area contributed by atoms with Crippen molar-refractivity contribution in [2.24, 2.45) is 0 Å². The molecule has 0 spiro atoms. The molecule has 2 aliphatic heterocycles. The van der Waals surface area contributed by atoms with Gasteiger partial charge in [-0.25, -0.2) is 0 Å². The van der Waals surface area contributed by atoms with Gasteiger partial charge in [0.25, 0.3) is 5.91 Å². The number of rotatable bonds is 4. The van der Waals surface area contributed by atoms with Crippen LogP contribution in [-0.2, 0) is 4.79 Å². The summed E-state index contributed by atoms with van der Waals surface area (Å²) >= 11 is 7.86. The number of carbonyl (C=O) groups is 2. The molecule has 3 heterocycles. The summed E-state index contributed by atoms with van der Waals surface area (Å²) in [7, 11) is 0. The number of carbonyl (C=O) groups excluding carboxylic acids is 2. The first-order valence-corrected chi connectivity index (χ1v) is 14.1. The molecule has 1 saturated heterocycles. The molecule has 0 unspecified atom stereocenters. The van der Waals surface area contributed by atoms with Crippen molar-refractivity contribution in [3.63, 3.8) is 0 Å². The highest BCUT2D eigenvalue weighted by molar-refractivity contribution is 7.10. The molecule has 0 radical (unpaired) electrons. The van der Waals surface area contributed by atoms with E-state index in [1.54, 1.807) is 11.3 Å². The smallest absolute Gasteiger partial charge is 0.254 e. The molecule has 0 N–H and O–H groups in total. The average molecular weight is 520 g/mol. The summed E-state index contributed by atoms with van der Waals surface area (Å²) in [6.07, 6.45) is 4.29. The van der Waals surface area contributed by atoms with Crippen molar-refractivity contribution < 1.29 is 9.59 Å². The van der Waals surface area contributed by atoms with Gasteiger partial charge in [0, 0.05) is 53.4 Å². The van der Waals surface area contributed by atoms with E-state index in [4.69, 9.17) is 11.6 Å². The molecule has 3 aromatic rings. The Morgan fingerprint density at radius 1 is 0.917 bits per heavy atom. The van der Waals surface area contributed by atoms with Crippen molar-refractivity contribution in [2.75, 3.05) is 31.1 Å². The second-order valence-corrected chi connectivity index (χ2v) is 11.4. The van der Waals surface area contributed by atoms with Crippen molar-refractivity contribution in [2.45, 2.75) is 43.7 Å². The van der Waals surface area contributed by atoms with Crippen LogP contribution in [0.2, 0.25) is 5.02 Å². The number of thiophene rings is 1. The van der Waals surface area contributed by atoms with Gasteiger partial charge in [0.1, 0.15) is 0 Å². The number of fused-ring (bicyclic) bond motifs is 1. The van der Waals surface area contributed by atoms with Crippen LogP contribution >= 0.6 is 22.9 Å². The van der Waals surface area contributed by atoms with Crippen LogP contribution in [0.3, 0.4) is 0 Å². The van der Waals surface area contributed by atoms with Gasteiger partial charge < -0.3 is 14.7 Å². The van der Waals surface area contributed by atoms with Gasteiger partial charge in [0.2, 0.25) is 5.91 Å². The van der Waals surface area contributed by atoms with Gasteiger partial charge in [-0.15, -0.1) is 11.3 Å². The van der Waals surface area contributed by atoms with E-state index in [1.807, 2.05) is 53.4 Å². The molecule has 6 rings (SSSR count). The number of hydrogen-bond acceptors (Lipinski definition) is 4. The standard InChI is InChI=1S/C29H30ClN3O2S/c30-20-7-5-10-22(19-20)31-14-16-32(17-15-31)29(35)26-23-11-3-4-12-24(23)28(34)33(21-8-1-2-9-21)27(26)25-13-6-18-36-25/h3-7,10-13,18-19,21,26-27H,1-2,8-9,14-17H2/t26-,27-/m1/s1. The van der Waals surface area contributed by atoms with Gasteiger partial charge in [-0.2, -0.15) is 0 Å². The predicted molar refractivity (Wildman–Crippen MR) is 145 cm³/mol. The maximum atomic E-state index is 14.3. The zero-order valence-electron chi connectivity index (χ0n) is 20.2. The van der Waals surface area contributed by atoms with Crippen LogP contribution in [0, 0.1) is 0 Å². The number of benzene rings is 2. The minimum atomic E-state index is -0.393. The number of hydrogen-bond donors (Lipinski definition) is 0. The van der Waals surface area contributed by atoms with Gasteiger partial charge >= 0.3 is 0 Å². The quantitative estimate of drug-likeness (QED) is 0.426. The van der Waals surface area contributed by atoms with E-state index in [0.29, 0.717) is 18.7 Å². The number of nitrogens with zero attached hydrogens (tertiary/aromatic N) is 3. The second-order valence-electron chi connectivity index (χ2n) is 9.97. The van der Waals surface area contributed by atoms with Crippen LogP contribution in [-0.4, -0.2) is 53.8 Å². The van der Waals surface area contributed by atoms with Gasteiger partial charge in [-0.3, -0.25) is 9.59 Å². The maximum Gasteiger partial charge on any atom is 0.254 e. The average Bonchev–Trinajstić information content (AvgIpc) is 3.63. The molecule has 2 amide bonds. The Labute approximate surface area is 221 Å². The van der Waals surface area contributed by atoms with Gasteiger partial charge in [0.15, 0.2) is 0 Å². The van der Waals surface area contributed by atoms with Crippen LogP contribution in [0.4, 0.5) is 5.69 Å². The number of anilines is 1. The Bertz CT molecular complexity index is 1250. The van der Waals surface area contributed by atoms with Crippen LogP contribution in [0.25, 0.3) is 0 Å². The van der Waals surface area contributed by atoms with Crippen molar-refractivity contribution in [3.05, 3.63) is 87.1 Å². The summed E-state index contributed by atoms with van der Waals surface area (Å²) in [6, 6.07) is 19.7. The number of amides is 2. The molecule has 36 heavy (non-hydrogen) atoms. The lowest BCUT2D eigenvalue weighted by atomic mass is 9.80. The molecular weight excluding hydrogens is 490 g/mol. The fraction of sp³-hybridized carbons (Fsp3) is 0.379. The molecule has 7 heteroatoms. The zero-order valence-corrected chi connectivity index (χ0v) is 21.8. The maximum absolute atomic E-state index is 14.3. The van der Waals surface area contributed by atoms with E-state index in [0.717, 1.165) is 59.9 Å². The summed E-state index contributed by atoms with van der Waals surface area (Å²) in [5.74, 6) is -0.191. The third-order valence-electron chi connectivity index (χ3n) is 7.96. The van der Waals surface area contributed by atoms with Crippen LogP contribution in [0.15, 0.2) is 66.0 Å². The lowest BCUT2D eigenvalue weighted by Gasteiger charge is -2.46. The molecule has 1 aromatic heterocycles. The van der Waals surface area contributed by atoms with Gasteiger partial charge in [0.05, 0.1) is 12.0 Å². The second kappa shape index (κ2) is 9.91. The van der Waals surface area contributed by atoms with Crippen molar-refractivity contribution in [1.82, 2.24) is 9.80 Å². The molecule has 2 aromatic carbocycles. The highest BCUT2D eigenvalue weighted by Gasteiger charge is 2.48. The first kappa shape index (κ1) is 23.6. The largest absolute Gasteiger partial charge is 0.368 e. The summed E-state index contributed by atoms with van der Waals surface area (Å²) in [4.78, 5) is 35.7. The van der Waals surface area contributed by atoms with Crippen LogP contribution in [0.5, 0.6) is 0 Å².